The predicted octanol–water partition coefficient (Wildman–Crippen LogP) is 4.97. The Labute approximate surface area is 136 Å². The van der Waals surface area contributed by atoms with E-state index < -0.39 is 0 Å². The van der Waals surface area contributed by atoms with Crippen LogP contribution in [-0.4, -0.2) is 14.8 Å². The second kappa shape index (κ2) is 5.62. The smallest absolute Gasteiger partial charge is 0.229 e. The van der Waals surface area contributed by atoms with Gasteiger partial charge in [0.2, 0.25) is 5.28 Å². The number of nitrogens with zero attached hydrogens (tertiary/aromatic N) is 3. The molecule has 21 heavy (non-hydrogen) atoms. The van der Waals surface area contributed by atoms with Crippen LogP contribution >= 0.6 is 27.5 Å². The SMILES string of the molecule is Cc1cc(Br)cc(C)c1-n1c(Cl)nnc1-c1ccccc1. The zero-order valence-electron chi connectivity index (χ0n) is 11.6. The van der Waals surface area contributed by atoms with Crippen LogP contribution in [0, 0.1) is 13.8 Å². The molecule has 3 aromatic rings. The molecule has 106 valence electrons. The summed E-state index contributed by atoms with van der Waals surface area (Å²) in [5, 5.41) is 8.64. The van der Waals surface area contributed by atoms with E-state index in [4.69, 9.17) is 11.6 Å². The van der Waals surface area contributed by atoms with Gasteiger partial charge < -0.3 is 0 Å². The largest absolute Gasteiger partial charge is 0.265 e. The summed E-state index contributed by atoms with van der Waals surface area (Å²) < 4.78 is 2.94. The van der Waals surface area contributed by atoms with E-state index in [2.05, 4.69) is 52.1 Å². The van der Waals surface area contributed by atoms with E-state index >= 15 is 0 Å². The summed E-state index contributed by atoms with van der Waals surface area (Å²) in [4.78, 5) is 0. The van der Waals surface area contributed by atoms with Crippen LogP contribution in [0.15, 0.2) is 46.9 Å². The van der Waals surface area contributed by atoms with Crippen molar-refractivity contribution in [3.63, 3.8) is 0 Å². The van der Waals surface area contributed by atoms with E-state index in [-0.39, 0.29) is 0 Å². The second-order valence-electron chi connectivity index (χ2n) is 4.88. The average Bonchev–Trinajstić information content (AvgIpc) is 2.81. The van der Waals surface area contributed by atoms with Crippen molar-refractivity contribution in [3.8, 4) is 17.1 Å². The number of benzene rings is 2. The molecule has 0 atom stereocenters. The van der Waals surface area contributed by atoms with Crippen molar-refractivity contribution >= 4 is 27.5 Å². The number of aromatic nitrogens is 3. The van der Waals surface area contributed by atoms with Crippen molar-refractivity contribution in [3.05, 3.63) is 63.3 Å². The van der Waals surface area contributed by atoms with Gasteiger partial charge in [-0.25, -0.2) is 0 Å². The first-order chi connectivity index (χ1) is 10.1. The molecule has 0 spiro atoms. The number of hydrogen-bond acceptors (Lipinski definition) is 2. The molecule has 1 aromatic heterocycles. The fourth-order valence-electron chi connectivity index (χ4n) is 2.49. The molecule has 0 aliphatic heterocycles. The monoisotopic (exact) mass is 361 g/mol. The fourth-order valence-corrected chi connectivity index (χ4v) is 3.38. The maximum absolute atomic E-state index is 6.29. The Morgan fingerprint density at radius 1 is 1.00 bits per heavy atom. The van der Waals surface area contributed by atoms with Gasteiger partial charge in [-0.3, -0.25) is 4.57 Å². The Hall–Kier alpha value is -1.65. The summed E-state index contributed by atoms with van der Waals surface area (Å²) in [7, 11) is 0. The van der Waals surface area contributed by atoms with Crippen molar-refractivity contribution in [1.82, 2.24) is 14.8 Å². The first-order valence-corrected chi connectivity index (χ1v) is 7.68. The molecule has 0 saturated carbocycles. The van der Waals surface area contributed by atoms with Crippen LogP contribution in [0.2, 0.25) is 5.28 Å². The highest BCUT2D eigenvalue weighted by Crippen LogP contribution is 2.30. The van der Waals surface area contributed by atoms with Crippen molar-refractivity contribution in [2.24, 2.45) is 0 Å². The number of halogens is 2. The highest BCUT2D eigenvalue weighted by atomic mass is 79.9. The minimum atomic E-state index is 0.363. The summed E-state index contributed by atoms with van der Waals surface area (Å²) in [6, 6.07) is 14.1. The first-order valence-electron chi connectivity index (χ1n) is 6.51. The molecule has 0 radical (unpaired) electrons. The molecule has 0 aliphatic rings. The molecule has 2 aromatic carbocycles. The van der Waals surface area contributed by atoms with Crippen LogP contribution in [0.3, 0.4) is 0 Å². The van der Waals surface area contributed by atoms with Gasteiger partial charge in [-0.2, -0.15) is 0 Å². The Morgan fingerprint density at radius 3 is 2.24 bits per heavy atom. The highest BCUT2D eigenvalue weighted by Gasteiger charge is 2.17. The minimum absolute atomic E-state index is 0.363. The van der Waals surface area contributed by atoms with Crippen LogP contribution in [0.1, 0.15) is 11.1 Å². The number of rotatable bonds is 2. The van der Waals surface area contributed by atoms with Gasteiger partial charge in [0.15, 0.2) is 5.82 Å². The fraction of sp³-hybridized carbons (Fsp3) is 0.125. The van der Waals surface area contributed by atoms with Gasteiger partial charge in [-0.05, 0) is 48.7 Å². The second-order valence-corrected chi connectivity index (χ2v) is 6.14. The first kappa shape index (κ1) is 14.3. The van der Waals surface area contributed by atoms with Gasteiger partial charge >= 0.3 is 0 Å². The zero-order chi connectivity index (χ0) is 15.0. The normalized spacial score (nSPS) is 10.9. The predicted molar refractivity (Wildman–Crippen MR) is 89.0 cm³/mol. The topological polar surface area (TPSA) is 30.7 Å². The molecule has 0 fully saturated rings. The summed E-state index contributed by atoms with van der Waals surface area (Å²) in [5.74, 6) is 0.745. The van der Waals surface area contributed by atoms with E-state index in [1.165, 1.54) is 0 Å². The summed E-state index contributed by atoms with van der Waals surface area (Å²) in [5.41, 5.74) is 4.23. The Bertz CT molecular complexity index is 774. The highest BCUT2D eigenvalue weighted by molar-refractivity contribution is 9.10. The molecule has 0 unspecified atom stereocenters. The van der Waals surface area contributed by atoms with Gasteiger partial charge in [-0.15, -0.1) is 10.2 Å². The summed E-state index contributed by atoms with van der Waals surface area (Å²) in [6.07, 6.45) is 0. The average molecular weight is 363 g/mol. The lowest BCUT2D eigenvalue weighted by atomic mass is 10.1. The molecular weight excluding hydrogens is 350 g/mol. The van der Waals surface area contributed by atoms with E-state index in [9.17, 15) is 0 Å². The van der Waals surface area contributed by atoms with Gasteiger partial charge in [0, 0.05) is 10.0 Å². The van der Waals surface area contributed by atoms with Crippen molar-refractivity contribution in [1.29, 1.82) is 0 Å². The zero-order valence-corrected chi connectivity index (χ0v) is 14.0. The van der Waals surface area contributed by atoms with Gasteiger partial charge in [0.25, 0.3) is 0 Å². The van der Waals surface area contributed by atoms with Crippen LogP contribution < -0.4 is 0 Å². The third-order valence-electron chi connectivity index (χ3n) is 3.33. The maximum atomic E-state index is 6.29. The lowest BCUT2D eigenvalue weighted by molar-refractivity contribution is 1.03. The molecule has 0 amide bonds. The maximum Gasteiger partial charge on any atom is 0.229 e. The minimum Gasteiger partial charge on any atom is -0.265 e. The standard InChI is InChI=1S/C16H13BrClN3/c1-10-8-13(17)9-11(2)14(10)21-15(19-20-16(21)18)12-6-4-3-5-7-12/h3-9H,1-2H3. The van der Waals surface area contributed by atoms with Gasteiger partial charge in [-0.1, -0.05) is 46.3 Å². The molecule has 0 saturated heterocycles. The summed E-state index contributed by atoms with van der Waals surface area (Å²) in [6.45, 7) is 4.11. The van der Waals surface area contributed by atoms with Crippen molar-refractivity contribution < 1.29 is 0 Å². The van der Waals surface area contributed by atoms with Gasteiger partial charge in [0.05, 0.1) is 5.69 Å². The van der Waals surface area contributed by atoms with E-state index in [0.29, 0.717) is 5.28 Å². The van der Waals surface area contributed by atoms with Gasteiger partial charge in [0.1, 0.15) is 0 Å². The molecule has 0 bridgehead atoms. The third-order valence-corrected chi connectivity index (χ3v) is 4.04. The van der Waals surface area contributed by atoms with Crippen LogP contribution in [0.4, 0.5) is 0 Å². The Morgan fingerprint density at radius 2 is 1.62 bits per heavy atom. The Balaban J connectivity index is 2.28. The van der Waals surface area contributed by atoms with E-state index in [1.807, 2.05) is 34.9 Å². The molecular formula is C16H13BrClN3. The van der Waals surface area contributed by atoms with E-state index in [1.54, 1.807) is 0 Å². The summed E-state index contributed by atoms with van der Waals surface area (Å²) >= 11 is 9.81. The van der Waals surface area contributed by atoms with Crippen molar-refractivity contribution in [2.75, 3.05) is 0 Å². The molecule has 3 rings (SSSR count). The molecule has 5 heteroatoms. The quantitative estimate of drug-likeness (QED) is 0.644. The third kappa shape index (κ3) is 2.61. The van der Waals surface area contributed by atoms with Crippen LogP contribution in [-0.2, 0) is 0 Å². The molecule has 0 aliphatic carbocycles. The number of aryl methyl sites for hydroxylation is 2. The van der Waals surface area contributed by atoms with Crippen molar-refractivity contribution in [2.45, 2.75) is 13.8 Å². The van der Waals surface area contributed by atoms with E-state index in [0.717, 1.165) is 32.7 Å². The Kier molecular flexibility index (Phi) is 3.83. The van der Waals surface area contributed by atoms with Crippen LogP contribution in [0.25, 0.3) is 17.1 Å². The molecule has 0 N–H and O–H groups in total. The van der Waals surface area contributed by atoms with Crippen LogP contribution in [0.5, 0.6) is 0 Å². The number of hydrogen-bond donors (Lipinski definition) is 0. The molecule has 3 nitrogen and oxygen atoms in total. The lowest BCUT2D eigenvalue weighted by Gasteiger charge is -2.14. The lowest BCUT2D eigenvalue weighted by Crippen LogP contribution is -2.03. The molecule has 1 heterocycles.